The standard InChI is InChI=1S/C11H11N5O3/c17-9-12-5-6-15(9)7-1-3-8(4-2-7)16-10(18)13-14-11(16)19/h1-4H,5-6H2,(H,12,17)(H,13,18)(H,14,19). The van der Waals surface area contributed by atoms with Crippen LogP contribution >= 0.6 is 0 Å². The number of hydrogen-bond donors (Lipinski definition) is 3. The molecule has 8 nitrogen and oxygen atoms in total. The zero-order valence-corrected chi connectivity index (χ0v) is 9.84. The Morgan fingerprint density at radius 3 is 2.00 bits per heavy atom. The Hall–Kier alpha value is -2.77. The molecule has 98 valence electrons. The van der Waals surface area contributed by atoms with Crippen LogP contribution < -0.4 is 21.6 Å². The SMILES string of the molecule is O=C1NCCN1c1ccc(-n2c(=O)[nH][nH]c2=O)cc1. The number of benzene rings is 1. The minimum Gasteiger partial charge on any atom is -0.336 e. The zero-order chi connectivity index (χ0) is 13.4. The summed E-state index contributed by atoms with van der Waals surface area (Å²) in [6, 6.07) is 6.47. The van der Waals surface area contributed by atoms with E-state index in [1.807, 2.05) is 0 Å². The maximum atomic E-state index is 11.5. The van der Waals surface area contributed by atoms with Crippen LogP contribution in [0.1, 0.15) is 0 Å². The van der Waals surface area contributed by atoms with Crippen molar-refractivity contribution in [3.8, 4) is 5.69 Å². The summed E-state index contributed by atoms with van der Waals surface area (Å²) in [5, 5.41) is 7.12. The molecule has 2 heterocycles. The second-order valence-corrected chi connectivity index (χ2v) is 4.10. The van der Waals surface area contributed by atoms with Gasteiger partial charge in [0.25, 0.3) is 0 Å². The summed E-state index contributed by atoms with van der Waals surface area (Å²) in [6.45, 7) is 1.21. The van der Waals surface area contributed by atoms with Crippen LogP contribution in [0.25, 0.3) is 5.69 Å². The molecule has 0 aliphatic carbocycles. The fourth-order valence-electron chi connectivity index (χ4n) is 2.05. The van der Waals surface area contributed by atoms with Gasteiger partial charge in [-0.15, -0.1) is 0 Å². The molecule has 2 aromatic rings. The van der Waals surface area contributed by atoms with Gasteiger partial charge in [0.2, 0.25) is 0 Å². The maximum Gasteiger partial charge on any atom is 0.348 e. The summed E-state index contributed by atoms with van der Waals surface area (Å²) in [4.78, 5) is 36.0. The van der Waals surface area contributed by atoms with Crippen LogP contribution in [0.15, 0.2) is 33.9 Å². The van der Waals surface area contributed by atoms with E-state index in [0.717, 1.165) is 10.3 Å². The first-order valence-corrected chi connectivity index (χ1v) is 5.72. The minimum atomic E-state index is -0.531. The van der Waals surface area contributed by atoms with Crippen LogP contribution in [0, 0.1) is 0 Å². The average Bonchev–Trinajstić information content (AvgIpc) is 2.97. The second kappa shape index (κ2) is 4.16. The molecule has 8 heteroatoms. The summed E-state index contributed by atoms with van der Waals surface area (Å²) < 4.78 is 0.980. The lowest BCUT2D eigenvalue weighted by Gasteiger charge is -2.14. The second-order valence-electron chi connectivity index (χ2n) is 4.10. The van der Waals surface area contributed by atoms with E-state index in [1.165, 1.54) is 0 Å². The van der Waals surface area contributed by atoms with E-state index < -0.39 is 11.4 Å². The van der Waals surface area contributed by atoms with Crippen molar-refractivity contribution in [1.29, 1.82) is 0 Å². The van der Waals surface area contributed by atoms with Gasteiger partial charge in [-0.2, -0.15) is 0 Å². The molecule has 1 aromatic carbocycles. The third-order valence-electron chi connectivity index (χ3n) is 2.96. The lowest BCUT2D eigenvalue weighted by molar-refractivity contribution is 0.252. The van der Waals surface area contributed by atoms with Gasteiger partial charge in [-0.3, -0.25) is 4.90 Å². The number of aromatic amines is 2. The van der Waals surface area contributed by atoms with Gasteiger partial charge in [0.1, 0.15) is 0 Å². The maximum absolute atomic E-state index is 11.5. The van der Waals surface area contributed by atoms with E-state index in [2.05, 4.69) is 15.5 Å². The minimum absolute atomic E-state index is 0.149. The highest BCUT2D eigenvalue weighted by Crippen LogP contribution is 2.17. The van der Waals surface area contributed by atoms with Gasteiger partial charge in [-0.25, -0.2) is 29.1 Å². The monoisotopic (exact) mass is 261 g/mol. The molecule has 1 fully saturated rings. The van der Waals surface area contributed by atoms with E-state index in [4.69, 9.17) is 0 Å². The van der Waals surface area contributed by atoms with Crippen LogP contribution in [0.4, 0.5) is 10.5 Å². The highest BCUT2D eigenvalue weighted by atomic mass is 16.2. The molecular weight excluding hydrogens is 250 g/mol. The fraction of sp³-hybridized carbons (Fsp3) is 0.182. The molecule has 1 aliphatic rings. The number of nitrogens with one attached hydrogen (secondary N) is 3. The molecule has 0 radical (unpaired) electrons. The van der Waals surface area contributed by atoms with Gasteiger partial charge in [-0.1, -0.05) is 0 Å². The van der Waals surface area contributed by atoms with Crippen LogP contribution in [0.5, 0.6) is 0 Å². The van der Waals surface area contributed by atoms with Gasteiger partial charge in [0.15, 0.2) is 0 Å². The van der Waals surface area contributed by atoms with Crippen molar-refractivity contribution in [3.63, 3.8) is 0 Å². The molecule has 1 saturated heterocycles. The van der Waals surface area contributed by atoms with E-state index in [0.29, 0.717) is 18.8 Å². The summed E-state index contributed by atoms with van der Waals surface area (Å²) in [6.07, 6.45) is 0. The van der Waals surface area contributed by atoms with Gasteiger partial charge < -0.3 is 5.32 Å². The van der Waals surface area contributed by atoms with Crippen molar-refractivity contribution < 1.29 is 4.79 Å². The third kappa shape index (κ3) is 1.82. The van der Waals surface area contributed by atoms with E-state index >= 15 is 0 Å². The van der Waals surface area contributed by atoms with Crippen molar-refractivity contribution in [2.75, 3.05) is 18.0 Å². The Labute approximate surface area is 106 Å². The number of urea groups is 1. The van der Waals surface area contributed by atoms with Crippen molar-refractivity contribution in [1.82, 2.24) is 20.1 Å². The summed E-state index contributed by atoms with van der Waals surface area (Å²) in [5.41, 5.74) is 0.1000. The third-order valence-corrected chi connectivity index (χ3v) is 2.96. The van der Waals surface area contributed by atoms with Gasteiger partial charge in [0, 0.05) is 18.8 Å². The number of anilines is 1. The molecule has 1 aromatic heterocycles. The normalized spacial score (nSPS) is 14.7. The predicted molar refractivity (Wildman–Crippen MR) is 67.8 cm³/mol. The average molecular weight is 261 g/mol. The fourth-order valence-corrected chi connectivity index (χ4v) is 2.05. The first-order valence-electron chi connectivity index (χ1n) is 5.72. The Kier molecular flexibility index (Phi) is 2.48. The summed E-state index contributed by atoms with van der Waals surface area (Å²) >= 11 is 0. The van der Waals surface area contributed by atoms with Gasteiger partial charge >= 0.3 is 17.4 Å². The molecule has 0 unspecified atom stereocenters. The number of hydrogen-bond acceptors (Lipinski definition) is 3. The highest BCUT2D eigenvalue weighted by molar-refractivity contribution is 5.94. The van der Waals surface area contributed by atoms with Crippen LogP contribution in [-0.2, 0) is 0 Å². The van der Waals surface area contributed by atoms with Crippen LogP contribution in [0.3, 0.4) is 0 Å². The molecule has 0 atom stereocenters. The van der Waals surface area contributed by atoms with Crippen LogP contribution in [0.2, 0.25) is 0 Å². The van der Waals surface area contributed by atoms with Crippen molar-refractivity contribution in [3.05, 3.63) is 45.2 Å². The molecule has 19 heavy (non-hydrogen) atoms. The first-order chi connectivity index (χ1) is 9.16. The number of amides is 2. The molecular formula is C11H11N5O3. The molecule has 3 rings (SSSR count). The molecule has 0 spiro atoms. The van der Waals surface area contributed by atoms with Crippen molar-refractivity contribution in [2.45, 2.75) is 0 Å². The summed E-state index contributed by atoms with van der Waals surface area (Å²) in [7, 11) is 0. The Bertz CT molecular complexity index is 696. The van der Waals surface area contributed by atoms with E-state index in [9.17, 15) is 14.4 Å². The number of carbonyl (C=O) groups is 1. The van der Waals surface area contributed by atoms with E-state index in [1.54, 1.807) is 29.2 Å². The highest BCUT2D eigenvalue weighted by Gasteiger charge is 2.20. The molecule has 0 bridgehead atoms. The molecule has 3 N–H and O–H groups in total. The Balaban J connectivity index is 1.98. The number of aromatic nitrogens is 3. The Morgan fingerprint density at radius 1 is 0.895 bits per heavy atom. The number of carbonyl (C=O) groups excluding carboxylic acids is 1. The topological polar surface area (TPSA) is 103 Å². The van der Waals surface area contributed by atoms with Crippen LogP contribution in [-0.4, -0.2) is 33.9 Å². The lowest BCUT2D eigenvalue weighted by atomic mass is 10.2. The molecule has 0 saturated carbocycles. The molecule has 1 aliphatic heterocycles. The lowest BCUT2D eigenvalue weighted by Crippen LogP contribution is -2.28. The Morgan fingerprint density at radius 2 is 1.47 bits per heavy atom. The van der Waals surface area contributed by atoms with Crippen molar-refractivity contribution in [2.24, 2.45) is 0 Å². The van der Waals surface area contributed by atoms with E-state index in [-0.39, 0.29) is 6.03 Å². The van der Waals surface area contributed by atoms with Gasteiger partial charge in [0.05, 0.1) is 5.69 Å². The first kappa shape index (κ1) is 11.3. The van der Waals surface area contributed by atoms with Crippen molar-refractivity contribution >= 4 is 11.7 Å². The number of H-pyrrole nitrogens is 2. The predicted octanol–water partition coefficient (Wildman–Crippen LogP) is -0.617. The smallest absolute Gasteiger partial charge is 0.336 e. The molecule has 2 amide bonds. The largest absolute Gasteiger partial charge is 0.348 e. The summed E-state index contributed by atoms with van der Waals surface area (Å²) in [5.74, 6) is 0. The quantitative estimate of drug-likeness (QED) is 0.671. The zero-order valence-electron chi connectivity index (χ0n) is 9.84. The van der Waals surface area contributed by atoms with Gasteiger partial charge in [-0.05, 0) is 24.3 Å². The number of rotatable bonds is 2. The number of nitrogens with zero attached hydrogens (tertiary/aromatic N) is 2.